The number of rotatable bonds is 9. The number of alkyl carbamates (subject to hydrolysis) is 1. The van der Waals surface area contributed by atoms with Gasteiger partial charge in [0.2, 0.25) is 0 Å². The summed E-state index contributed by atoms with van der Waals surface area (Å²) in [6.07, 6.45) is 9.11. The van der Waals surface area contributed by atoms with E-state index in [2.05, 4.69) is 15.6 Å². The summed E-state index contributed by atoms with van der Waals surface area (Å²) in [6.45, 7) is 0.532. The van der Waals surface area contributed by atoms with Crippen LogP contribution in [0.1, 0.15) is 28.8 Å². The Labute approximate surface area is 191 Å². The van der Waals surface area contributed by atoms with Crippen molar-refractivity contribution in [1.29, 1.82) is 0 Å². The molecule has 33 heavy (non-hydrogen) atoms. The molecule has 0 unspecified atom stereocenters. The van der Waals surface area contributed by atoms with E-state index in [4.69, 9.17) is 9.47 Å². The van der Waals surface area contributed by atoms with E-state index in [9.17, 15) is 9.59 Å². The lowest BCUT2D eigenvalue weighted by atomic mass is 10.1. The van der Waals surface area contributed by atoms with Crippen LogP contribution in [0.3, 0.4) is 0 Å². The molecule has 1 aliphatic rings. The lowest BCUT2D eigenvalue weighted by Crippen LogP contribution is -2.35. The minimum atomic E-state index is -0.991. The number of hydrogen-bond acceptors (Lipinski definition) is 6. The lowest BCUT2D eigenvalue weighted by molar-refractivity contribution is -0.146. The zero-order valence-electron chi connectivity index (χ0n) is 17.9. The van der Waals surface area contributed by atoms with Crippen LogP contribution in [0, 0.1) is 0 Å². The van der Waals surface area contributed by atoms with Crippen molar-refractivity contribution < 1.29 is 19.1 Å². The van der Waals surface area contributed by atoms with Crippen molar-refractivity contribution in [3.8, 4) is 0 Å². The van der Waals surface area contributed by atoms with E-state index >= 15 is 0 Å². The van der Waals surface area contributed by atoms with Gasteiger partial charge in [-0.3, -0.25) is 0 Å². The first kappa shape index (κ1) is 22.0. The third kappa shape index (κ3) is 6.16. The summed E-state index contributed by atoms with van der Waals surface area (Å²) in [7, 11) is 0. The van der Waals surface area contributed by atoms with Crippen LogP contribution in [-0.4, -0.2) is 33.7 Å². The molecule has 0 bridgehead atoms. The predicted molar refractivity (Wildman–Crippen MR) is 121 cm³/mol. The molecule has 0 saturated heterocycles. The Morgan fingerprint density at radius 2 is 1.67 bits per heavy atom. The van der Waals surface area contributed by atoms with Crippen molar-refractivity contribution in [3.05, 3.63) is 108 Å². The van der Waals surface area contributed by atoms with Crippen LogP contribution in [0.15, 0.2) is 91.2 Å². The van der Waals surface area contributed by atoms with Crippen LogP contribution >= 0.6 is 0 Å². The van der Waals surface area contributed by atoms with Gasteiger partial charge >= 0.3 is 12.1 Å². The molecule has 4 rings (SSSR count). The van der Waals surface area contributed by atoms with Crippen LogP contribution in [0.25, 0.3) is 0 Å². The number of carbonyl (C=O) groups is 2. The van der Waals surface area contributed by atoms with Gasteiger partial charge in [-0.25, -0.2) is 14.3 Å². The summed E-state index contributed by atoms with van der Waals surface area (Å²) in [6, 6.07) is 17.2. The van der Waals surface area contributed by atoms with Crippen LogP contribution in [0.4, 0.5) is 4.79 Å². The molecule has 0 fully saturated rings. The highest BCUT2D eigenvalue weighted by atomic mass is 16.6. The molecule has 1 amide bonds. The fourth-order valence-electron chi connectivity index (χ4n) is 3.33. The maximum Gasteiger partial charge on any atom is 0.408 e. The number of esters is 1. The molecule has 168 valence electrons. The Balaban J connectivity index is 1.32. The number of carbonyl (C=O) groups excluding carboxylic acids is 2. The summed E-state index contributed by atoms with van der Waals surface area (Å²) in [5.74, 6) is -0.463. The molecule has 2 aromatic carbocycles. The minimum Gasteiger partial charge on any atom is -0.462 e. The van der Waals surface area contributed by atoms with Gasteiger partial charge in [-0.05, 0) is 11.1 Å². The maximum atomic E-state index is 12.8. The Hall–Kier alpha value is -4.20. The molecule has 3 aromatic rings. The number of ether oxygens (including phenoxy) is 2. The number of benzene rings is 2. The molecule has 0 radical (unpaired) electrons. The molecule has 1 N–H and O–H groups in total. The van der Waals surface area contributed by atoms with E-state index in [0.717, 1.165) is 11.3 Å². The van der Waals surface area contributed by atoms with Crippen molar-refractivity contribution in [3.63, 3.8) is 0 Å². The van der Waals surface area contributed by atoms with E-state index in [-0.39, 0.29) is 19.1 Å². The van der Waals surface area contributed by atoms with Crippen molar-refractivity contribution >= 4 is 12.1 Å². The zero-order chi connectivity index (χ0) is 22.9. The maximum absolute atomic E-state index is 12.8. The molecule has 0 saturated carbocycles. The van der Waals surface area contributed by atoms with Gasteiger partial charge in [0.1, 0.15) is 13.2 Å². The summed E-state index contributed by atoms with van der Waals surface area (Å²) in [4.78, 5) is 25.2. The molecular formula is C25H24N4O4. The van der Waals surface area contributed by atoms with Crippen molar-refractivity contribution in [2.24, 2.45) is 0 Å². The summed E-state index contributed by atoms with van der Waals surface area (Å²) >= 11 is 0. The van der Waals surface area contributed by atoms with Crippen molar-refractivity contribution in [2.45, 2.75) is 25.1 Å². The average molecular weight is 444 g/mol. The van der Waals surface area contributed by atoms with Gasteiger partial charge in [-0.2, -0.15) is 0 Å². The van der Waals surface area contributed by atoms with Gasteiger partial charge in [-0.15, -0.1) is 5.10 Å². The van der Waals surface area contributed by atoms with Gasteiger partial charge in [0.25, 0.3) is 0 Å². The number of hydrogen-bond donors (Lipinski definition) is 1. The molecule has 1 aromatic heterocycles. The Kier molecular flexibility index (Phi) is 7.27. The normalized spacial score (nSPS) is 13.6. The number of nitrogens with one attached hydrogen (secondary N) is 1. The molecule has 8 nitrogen and oxygen atoms in total. The van der Waals surface area contributed by atoms with Gasteiger partial charge in [0.15, 0.2) is 6.04 Å². The average Bonchev–Trinajstić information content (AvgIpc) is 3.55. The summed E-state index contributed by atoms with van der Waals surface area (Å²) in [5, 5.41) is 10.8. The second-order valence-corrected chi connectivity index (χ2v) is 7.42. The quantitative estimate of drug-likeness (QED) is 0.506. The second-order valence-electron chi connectivity index (χ2n) is 7.42. The highest BCUT2D eigenvalue weighted by Gasteiger charge is 2.25. The molecule has 1 atom stereocenters. The van der Waals surface area contributed by atoms with Gasteiger partial charge < -0.3 is 14.8 Å². The van der Waals surface area contributed by atoms with E-state index in [1.54, 1.807) is 28.9 Å². The molecule has 1 aliphatic carbocycles. The fraction of sp³-hybridized carbons (Fsp3) is 0.200. The molecular weight excluding hydrogens is 420 g/mol. The molecule has 0 aliphatic heterocycles. The van der Waals surface area contributed by atoms with Crippen LogP contribution in [0.2, 0.25) is 0 Å². The van der Waals surface area contributed by atoms with E-state index in [1.165, 1.54) is 0 Å². The monoisotopic (exact) mass is 444 g/mol. The minimum absolute atomic E-state index is 0.0854. The SMILES string of the molecule is O=C(N[C@H](C(=O)OCCn1cc(C2C=CC=C2)nn1)c1ccccc1)OCc1ccccc1. The highest BCUT2D eigenvalue weighted by molar-refractivity contribution is 5.82. The van der Waals surface area contributed by atoms with Crippen LogP contribution in [-0.2, 0) is 27.4 Å². The van der Waals surface area contributed by atoms with Crippen LogP contribution in [0.5, 0.6) is 0 Å². The lowest BCUT2D eigenvalue weighted by Gasteiger charge is -2.18. The third-order valence-corrected chi connectivity index (χ3v) is 5.05. The second kappa shape index (κ2) is 10.9. The van der Waals surface area contributed by atoms with Crippen LogP contribution < -0.4 is 5.32 Å². The van der Waals surface area contributed by atoms with E-state index < -0.39 is 18.1 Å². The Morgan fingerprint density at radius 1 is 0.970 bits per heavy atom. The topological polar surface area (TPSA) is 95.3 Å². The van der Waals surface area contributed by atoms with Gasteiger partial charge in [0, 0.05) is 12.1 Å². The Morgan fingerprint density at radius 3 is 2.39 bits per heavy atom. The summed E-state index contributed by atoms with van der Waals surface area (Å²) in [5.41, 5.74) is 2.28. The van der Waals surface area contributed by atoms with Crippen molar-refractivity contribution in [1.82, 2.24) is 20.3 Å². The predicted octanol–water partition coefficient (Wildman–Crippen LogP) is 3.70. The standard InChI is InChI=1S/C25H24N4O4/c30-24(32-16-15-29-17-22(27-28-29)20-11-7-8-12-20)23(21-13-5-2-6-14-21)26-25(31)33-18-19-9-3-1-4-10-19/h1-14,17,20,23H,15-16,18H2,(H,26,31)/t23-/m0/s1. The summed E-state index contributed by atoms with van der Waals surface area (Å²) < 4.78 is 12.3. The first-order valence-electron chi connectivity index (χ1n) is 10.6. The first-order chi connectivity index (χ1) is 16.2. The highest BCUT2D eigenvalue weighted by Crippen LogP contribution is 2.20. The van der Waals surface area contributed by atoms with E-state index in [1.807, 2.05) is 66.9 Å². The first-order valence-corrected chi connectivity index (χ1v) is 10.6. The number of amides is 1. The fourth-order valence-corrected chi connectivity index (χ4v) is 3.33. The molecule has 8 heteroatoms. The molecule has 0 spiro atoms. The molecule has 1 heterocycles. The number of nitrogens with zero attached hydrogens (tertiary/aromatic N) is 3. The smallest absolute Gasteiger partial charge is 0.408 e. The largest absolute Gasteiger partial charge is 0.462 e. The Bertz CT molecular complexity index is 1110. The van der Waals surface area contributed by atoms with E-state index in [0.29, 0.717) is 12.1 Å². The third-order valence-electron chi connectivity index (χ3n) is 5.05. The zero-order valence-corrected chi connectivity index (χ0v) is 17.9. The van der Waals surface area contributed by atoms with Gasteiger partial charge in [0.05, 0.1) is 12.2 Å². The number of aromatic nitrogens is 3. The number of allylic oxidation sites excluding steroid dienone is 4. The van der Waals surface area contributed by atoms with Gasteiger partial charge in [-0.1, -0.05) is 90.2 Å². The van der Waals surface area contributed by atoms with Crippen molar-refractivity contribution in [2.75, 3.05) is 6.61 Å².